The third-order valence-corrected chi connectivity index (χ3v) is 10.3. The number of benzene rings is 7. The van der Waals surface area contributed by atoms with E-state index in [4.69, 9.17) is 4.98 Å². The fourth-order valence-electron chi connectivity index (χ4n) is 8.26. The predicted octanol–water partition coefficient (Wildman–Crippen LogP) is 11.7. The largest absolute Gasteiger partial charge is 0.309 e. The maximum atomic E-state index is 4.78. The quantitative estimate of drug-likeness (QED) is 0.195. The zero-order valence-electron chi connectivity index (χ0n) is 25.9. The average Bonchev–Trinajstić information content (AvgIpc) is 3.78. The zero-order chi connectivity index (χ0) is 31.3. The fraction of sp³-hybridized carbons (Fsp3) is 0. The molecule has 0 bridgehead atoms. The normalized spacial score (nSPS) is 12.2. The van der Waals surface area contributed by atoms with Crippen molar-refractivity contribution in [3.05, 3.63) is 164 Å². The Morgan fingerprint density at radius 2 is 1.04 bits per heavy atom. The molecule has 3 heteroatoms. The molecule has 3 aromatic heterocycles. The third kappa shape index (κ3) is 3.40. The second-order valence-electron chi connectivity index (χ2n) is 12.8. The summed E-state index contributed by atoms with van der Waals surface area (Å²) in [5, 5.41) is 7.57. The summed E-state index contributed by atoms with van der Waals surface area (Å²) in [5.41, 5.74) is 14.4. The Hall–Kier alpha value is -6.45. The van der Waals surface area contributed by atoms with Crippen LogP contribution in [0.4, 0.5) is 0 Å². The van der Waals surface area contributed by atoms with Crippen LogP contribution >= 0.6 is 0 Å². The van der Waals surface area contributed by atoms with Gasteiger partial charge in [0.15, 0.2) is 0 Å². The molecule has 0 atom stereocenters. The van der Waals surface area contributed by atoms with Gasteiger partial charge in [-0.1, -0.05) is 103 Å². The molecule has 0 saturated carbocycles. The summed E-state index contributed by atoms with van der Waals surface area (Å²) in [5.74, 6) is 0. The molecule has 10 aromatic rings. The number of pyridine rings is 1. The number of fused-ring (bicyclic) bond motifs is 9. The lowest BCUT2D eigenvalue weighted by molar-refractivity contribution is 1.18. The van der Waals surface area contributed by atoms with Crippen LogP contribution in [0.15, 0.2) is 164 Å². The highest BCUT2D eigenvalue weighted by atomic mass is 15.0. The Kier molecular flexibility index (Phi) is 5.11. The fourth-order valence-corrected chi connectivity index (χ4v) is 8.26. The molecular weight excluding hydrogens is 583 g/mol. The van der Waals surface area contributed by atoms with E-state index in [2.05, 4.69) is 161 Å². The van der Waals surface area contributed by atoms with Crippen LogP contribution < -0.4 is 0 Å². The minimum absolute atomic E-state index is 1.07. The second kappa shape index (κ2) is 9.54. The molecule has 0 N–H and O–H groups in total. The van der Waals surface area contributed by atoms with Gasteiger partial charge in [0.1, 0.15) is 0 Å². The molecule has 0 unspecified atom stereocenters. The molecule has 7 aromatic carbocycles. The molecule has 1 aliphatic carbocycles. The Morgan fingerprint density at radius 3 is 1.92 bits per heavy atom. The monoisotopic (exact) mass is 609 g/mol. The highest BCUT2D eigenvalue weighted by Crippen LogP contribution is 2.48. The summed E-state index contributed by atoms with van der Waals surface area (Å²) >= 11 is 0. The van der Waals surface area contributed by atoms with Crippen molar-refractivity contribution in [3.63, 3.8) is 0 Å². The van der Waals surface area contributed by atoms with E-state index in [0.29, 0.717) is 0 Å². The number of hydrogen-bond donors (Lipinski definition) is 0. The van der Waals surface area contributed by atoms with Crippen LogP contribution in [-0.2, 0) is 0 Å². The topological polar surface area (TPSA) is 22.8 Å². The first kappa shape index (κ1) is 25.7. The van der Waals surface area contributed by atoms with Gasteiger partial charge in [-0.2, -0.15) is 0 Å². The van der Waals surface area contributed by atoms with E-state index >= 15 is 0 Å². The number of aromatic nitrogens is 3. The molecule has 0 aliphatic heterocycles. The molecule has 222 valence electrons. The summed E-state index contributed by atoms with van der Waals surface area (Å²) in [6.07, 6.45) is 1.90. The van der Waals surface area contributed by atoms with E-state index in [0.717, 1.165) is 5.69 Å². The predicted molar refractivity (Wildman–Crippen MR) is 200 cm³/mol. The Labute approximate surface area is 276 Å². The number of hydrogen-bond acceptors (Lipinski definition) is 1. The standard InChI is InChI=1S/C45H27N3/c1-2-10-30(11-3-1)47-39-17-6-4-12-31(39)33-21-19-29(27-43(33)47)28-20-23-42-38(26-28)32-13-5-7-18-40(32)48(42)41-24-22-37-44-34(14-8-15-36(41)44)35-16-9-25-46-45(35)37/h1-27H. The summed E-state index contributed by atoms with van der Waals surface area (Å²) in [6.45, 7) is 0. The molecule has 1 aliphatic rings. The SMILES string of the molecule is c1ccc(-n2c3ccccc3c3ccc(-c4ccc5c(c4)c4ccccc4n5-c4ccc5c6c(cccc46)-c4cccnc4-5)cc32)cc1. The van der Waals surface area contributed by atoms with Crippen LogP contribution in [0.3, 0.4) is 0 Å². The molecule has 0 fully saturated rings. The minimum atomic E-state index is 1.07. The van der Waals surface area contributed by atoms with Crippen LogP contribution in [-0.4, -0.2) is 14.1 Å². The van der Waals surface area contributed by atoms with Gasteiger partial charge in [0.2, 0.25) is 0 Å². The maximum Gasteiger partial charge on any atom is 0.0786 e. The molecule has 0 saturated heterocycles. The lowest BCUT2D eigenvalue weighted by Gasteiger charge is -2.13. The summed E-state index contributed by atoms with van der Waals surface area (Å²) in [6, 6.07) is 57.5. The Morgan fingerprint density at radius 1 is 0.375 bits per heavy atom. The molecular formula is C45H27N3. The van der Waals surface area contributed by atoms with Crippen molar-refractivity contribution in [2.45, 2.75) is 0 Å². The highest BCUT2D eigenvalue weighted by molar-refractivity contribution is 6.18. The number of nitrogens with zero attached hydrogens (tertiary/aromatic N) is 3. The highest BCUT2D eigenvalue weighted by Gasteiger charge is 2.24. The van der Waals surface area contributed by atoms with Crippen molar-refractivity contribution in [1.82, 2.24) is 14.1 Å². The molecule has 0 amide bonds. The van der Waals surface area contributed by atoms with Crippen molar-refractivity contribution in [3.8, 4) is 44.9 Å². The van der Waals surface area contributed by atoms with Crippen LogP contribution in [0.2, 0.25) is 0 Å². The van der Waals surface area contributed by atoms with Gasteiger partial charge < -0.3 is 9.13 Å². The van der Waals surface area contributed by atoms with E-state index in [1.54, 1.807) is 0 Å². The van der Waals surface area contributed by atoms with Crippen molar-refractivity contribution in [2.75, 3.05) is 0 Å². The lowest BCUT2D eigenvalue weighted by Crippen LogP contribution is -1.96. The van der Waals surface area contributed by atoms with Crippen LogP contribution in [0.1, 0.15) is 0 Å². The third-order valence-electron chi connectivity index (χ3n) is 10.3. The van der Waals surface area contributed by atoms with Crippen molar-refractivity contribution < 1.29 is 0 Å². The van der Waals surface area contributed by atoms with Crippen molar-refractivity contribution >= 4 is 54.4 Å². The zero-order valence-corrected chi connectivity index (χ0v) is 25.9. The molecule has 3 heterocycles. The molecule has 3 nitrogen and oxygen atoms in total. The van der Waals surface area contributed by atoms with Gasteiger partial charge in [0, 0.05) is 55.3 Å². The lowest BCUT2D eigenvalue weighted by atomic mass is 10.0. The Balaban J connectivity index is 1.14. The van der Waals surface area contributed by atoms with Gasteiger partial charge in [-0.15, -0.1) is 0 Å². The first-order valence-electron chi connectivity index (χ1n) is 16.5. The molecule has 0 radical (unpaired) electrons. The molecule has 0 spiro atoms. The first-order chi connectivity index (χ1) is 23.8. The van der Waals surface area contributed by atoms with Gasteiger partial charge in [-0.05, 0) is 71.3 Å². The van der Waals surface area contributed by atoms with E-state index in [-0.39, 0.29) is 0 Å². The number of para-hydroxylation sites is 3. The van der Waals surface area contributed by atoms with Crippen LogP contribution in [0, 0.1) is 0 Å². The summed E-state index contributed by atoms with van der Waals surface area (Å²) in [4.78, 5) is 4.78. The van der Waals surface area contributed by atoms with Gasteiger partial charge in [0.05, 0.1) is 33.4 Å². The van der Waals surface area contributed by atoms with Crippen LogP contribution in [0.5, 0.6) is 0 Å². The smallest absolute Gasteiger partial charge is 0.0786 e. The number of rotatable bonds is 3. The van der Waals surface area contributed by atoms with Crippen LogP contribution in [0.25, 0.3) is 99.3 Å². The Bertz CT molecular complexity index is 2910. The van der Waals surface area contributed by atoms with E-state index in [1.807, 2.05) is 12.3 Å². The van der Waals surface area contributed by atoms with Gasteiger partial charge >= 0.3 is 0 Å². The second-order valence-corrected chi connectivity index (χ2v) is 12.8. The molecule has 48 heavy (non-hydrogen) atoms. The minimum Gasteiger partial charge on any atom is -0.309 e. The van der Waals surface area contributed by atoms with Gasteiger partial charge in [0.25, 0.3) is 0 Å². The average molecular weight is 610 g/mol. The molecule has 11 rings (SSSR count). The van der Waals surface area contributed by atoms with Crippen molar-refractivity contribution in [1.29, 1.82) is 0 Å². The first-order valence-corrected chi connectivity index (χ1v) is 16.5. The van der Waals surface area contributed by atoms with E-state index < -0.39 is 0 Å². The van der Waals surface area contributed by atoms with E-state index in [1.165, 1.54) is 93.6 Å². The van der Waals surface area contributed by atoms with Gasteiger partial charge in [-0.25, -0.2) is 0 Å². The summed E-state index contributed by atoms with van der Waals surface area (Å²) < 4.78 is 4.84. The van der Waals surface area contributed by atoms with Gasteiger partial charge in [-0.3, -0.25) is 4.98 Å². The van der Waals surface area contributed by atoms with Crippen molar-refractivity contribution in [2.24, 2.45) is 0 Å². The summed E-state index contributed by atoms with van der Waals surface area (Å²) in [7, 11) is 0. The maximum absolute atomic E-state index is 4.78. The van der Waals surface area contributed by atoms with E-state index in [9.17, 15) is 0 Å².